The molecule has 0 saturated heterocycles. The van der Waals surface area contributed by atoms with Gasteiger partial charge < -0.3 is 10.5 Å². The number of aliphatic imine (C=N–C) groups is 1. The van der Waals surface area contributed by atoms with E-state index in [-0.39, 0.29) is 11.1 Å². The van der Waals surface area contributed by atoms with E-state index in [1.54, 1.807) is 36.4 Å². The molecule has 0 radical (unpaired) electrons. The van der Waals surface area contributed by atoms with Gasteiger partial charge in [-0.3, -0.25) is 4.79 Å². The van der Waals surface area contributed by atoms with Crippen LogP contribution >= 0.6 is 11.8 Å². The minimum atomic E-state index is -0.461. The van der Waals surface area contributed by atoms with Crippen molar-refractivity contribution in [2.24, 2.45) is 10.7 Å². The van der Waals surface area contributed by atoms with Gasteiger partial charge >= 0.3 is 5.97 Å². The topological polar surface area (TPSA) is 81.8 Å². The third-order valence-electron chi connectivity index (χ3n) is 3.24. The first-order valence-electron chi connectivity index (χ1n) is 7.43. The van der Waals surface area contributed by atoms with Crippen LogP contribution in [0.5, 0.6) is 5.75 Å². The van der Waals surface area contributed by atoms with Gasteiger partial charge in [0.05, 0.1) is 4.91 Å². The maximum absolute atomic E-state index is 11.8. The van der Waals surface area contributed by atoms with E-state index in [9.17, 15) is 9.59 Å². The Kier molecular flexibility index (Phi) is 5.11. The second kappa shape index (κ2) is 7.63. The molecule has 0 aromatic heterocycles. The number of rotatable bonds is 4. The number of ether oxygens (including phenoxy) is 1. The molecule has 2 aromatic rings. The molecule has 0 fully saturated rings. The highest BCUT2D eigenvalue weighted by Crippen LogP contribution is 2.26. The third-order valence-corrected chi connectivity index (χ3v) is 4.06. The monoisotopic (exact) mass is 350 g/mol. The van der Waals surface area contributed by atoms with E-state index in [0.29, 0.717) is 10.7 Å². The number of amides is 1. The van der Waals surface area contributed by atoms with Crippen LogP contribution in [-0.4, -0.2) is 17.0 Å². The molecule has 0 atom stereocenters. The van der Waals surface area contributed by atoms with Gasteiger partial charge in [0.1, 0.15) is 5.75 Å². The second-order valence-corrected chi connectivity index (χ2v) is 6.16. The minimum Gasteiger partial charge on any atom is -0.423 e. The highest BCUT2D eigenvalue weighted by atomic mass is 32.2. The van der Waals surface area contributed by atoms with Crippen LogP contribution in [0.25, 0.3) is 12.2 Å². The van der Waals surface area contributed by atoms with Crippen molar-refractivity contribution >= 4 is 41.0 Å². The molecule has 2 N–H and O–H groups in total. The lowest BCUT2D eigenvalue weighted by molar-refractivity contribution is -0.128. The molecule has 1 amide bonds. The van der Waals surface area contributed by atoms with Gasteiger partial charge in [-0.2, -0.15) is 4.99 Å². The molecule has 5 nitrogen and oxygen atoms in total. The Morgan fingerprint density at radius 1 is 1.04 bits per heavy atom. The van der Waals surface area contributed by atoms with Crippen molar-refractivity contribution < 1.29 is 14.3 Å². The molecule has 0 unspecified atom stereocenters. The van der Waals surface area contributed by atoms with Crippen LogP contribution in [-0.2, 0) is 9.59 Å². The number of amidine groups is 1. The molecule has 1 heterocycles. The molecule has 3 rings (SSSR count). The van der Waals surface area contributed by atoms with Crippen molar-refractivity contribution in [3.05, 3.63) is 76.7 Å². The van der Waals surface area contributed by atoms with E-state index >= 15 is 0 Å². The Morgan fingerprint density at radius 3 is 2.40 bits per heavy atom. The fraction of sp³-hybridized carbons (Fsp3) is 0. The molecule has 1 aliphatic heterocycles. The predicted octanol–water partition coefficient (Wildman–Crippen LogP) is 3.23. The summed E-state index contributed by atoms with van der Waals surface area (Å²) in [6.07, 6.45) is 4.75. The highest BCUT2D eigenvalue weighted by Gasteiger charge is 2.19. The Morgan fingerprint density at radius 2 is 1.76 bits per heavy atom. The molecule has 0 saturated carbocycles. The van der Waals surface area contributed by atoms with Crippen LogP contribution < -0.4 is 10.5 Å². The number of nitrogens with two attached hydrogens (primary N) is 1. The van der Waals surface area contributed by atoms with Gasteiger partial charge in [0.2, 0.25) is 0 Å². The van der Waals surface area contributed by atoms with Gasteiger partial charge in [0.15, 0.2) is 5.17 Å². The summed E-state index contributed by atoms with van der Waals surface area (Å²) in [5, 5.41) is 0.243. The molecule has 1 aliphatic rings. The fourth-order valence-electron chi connectivity index (χ4n) is 2.09. The van der Waals surface area contributed by atoms with E-state index in [4.69, 9.17) is 10.5 Å². The molecule has 0 aliphatic carbocycles. The second-order valence-electron chi connectivity index (χ2n) is 5.10. The van der Waals surface area contributed by atoms with Crippen molar-refractivity contribution in [3.8, 4) is 5.75 Å². The maximum Gasteiger partial charge on any atom is 0.336 e. The van der Waals surface area contributed by atoms with Gasteiger partial charge in [-0.25, -0.2) is 4.79 Å². The number of hydrogen-bond acceptors (Lipinski definition) is 5. The Bertz CT molecular complexity index is 885. The molecular formula is C19H14N2O3S. The molecule has 25 heavy (non-hydrogen) atoms. The summed E-state index contributed by atoms with van der Waals surface area (Å²) in [4.78, 5) is 27.5. The maximum atomic E-state index is 11.8. The van der Waals surface area contributed by atoms with E-state index in [0.717, 1.165) is 22.9 Å². The molecule has 124 valence electrons. The summed E-state index contributed by atoms with van der Waals surface area (Å²) in [6.45, 7) is 0. The van der Waals surface area contributed by atoms with Gasteiger partial charge in [-0.15, -0.1) is 0 Å². The van der Waals surface area contributed by atoms with Crippen molar-refractivity contribution in [1.29, 1.82) is 0 Å². The Hall–Kier alpha value is -3.12. The molecule has 6 heteroatoms. The zero-order valence-corrected chi connectivity index (χ0v) is 13.9. The number of carbonyl (C=O) groups excluding carboxylic acids is 2. The van der Waals surface area contributed by atoms with Gasteiger partial charge in [0.25, 0.3) is 5.91 Å². The minimum absolute atomic E-state index is 0.243. The summed E-state index contributed by atoms with van der Waals surface area (Å²) in [6, 6.07) is 16.3. The zero-order valence-electron chi connectivity index (χ0n) is 13.1. The van der Waals surface area contributed by atoms with Crippen molar-refractivity contribution in [3.63, 3.8) is 0 Å². The first kappa shape index (κ1) is 16.7. The average molecular weight is 350 g/mol. The normalized spacial score (nSPS) is 15.6. The zero-order chi connectivity index (χ0) is 17.6. The largest absolute Gasteiger partial charge is 0.423 e. The average Bonchev–Trinajstić information content (AvgIpc) is 2.93. The van der Waals surface area contributed by atoms with Gasteiger partial charge in [0, 0.05) is 6.08 Å². The highest BCUT2D eigenvalue weighted by molar-refractivity contribution is 8.18. The van der Waals surface area contributed by atoms with E-state index < -0.39 is 5.97 Å². The lowest BCUT2D eigenvalue weighted by atomic mass is 10.2. The Balaban J connectivity index is 1.61. The summed E-state index contributed by atoms with van der Waals surface area (Å²) in [7, 11) is 0. The van der Waals surface area contributed by atoms with E-state index in [2.05, 4.69) is 4.99 Å². The fourth-order valence-corrected chi connectivity index (χ4v) is 2.77. The molecule has 0 spiro atoms. The molecule has 2 aromatic carbocycles. The lowest BCUT2D eigenvalue weighted by Crippen LogP contribution is -2.03. The van der Waals surface area contributed by atoms with Crippen LogP contribution in [0, 0.1) is 0 Å². The predicted molar refractivity (Wildman–Crippen MR) is 99.8 cm³/mol. The number of hydrogen-bond donors (Lipinski definition) is 1. The van der Waals surface area contributed by atoms with Crippen LogP contribution in [0.3, 0.4) is 0 Å². The molecular weight excluding hydrogens is 336 g/mol. The lowest BCUT2D eigenvalue weighted by Gasteiger charge is -2.02. The van der Waals surface area contributed by atoms with Crippen LogP contribution in [0.1, 0.15) is 11.1 Å². The number of benzene rings is 2. The standard InChI is InChI=1S/C19H14N2O3S/c20-19-21-18(23)16(25-19)12-14-6-9-15(10-7-14)24-17(22)11-8-13-4-2-1-3-5-13/h1-12H,(H2,20,21,23)/b11-8+,16-12-. The van der Waals surface area contributed by atoms with E-state index in [1.807, 2.05) is 30.3 Å². The first-order chi connectivity index (χ1) is 12.1. The number of thioether (sulfide) groups is 1. The van der Waals surface area contributed by atoms with Crippen LogP contribution in [0.4, 0.5) is 0 Å². The third kappa shape index (κ3) is 4.68. The number of esters is 1. The van der Waals surface area contributed by atoms with Crippen molar-refractivity contribution in [2.75, 3.05) is 0 Å². The summed E-state index contributed by atoms with van der Waals surface area (Å²) in [5.41, 5.74) is 7.22. The number of carbonyl (C=O) groups is 2. The summed E-state index contributed by atoms with van der Waals surface area (Å²) >= 11 is 1.13. The van der Waals surface area contributed by atoms with Gasteiger partial charge in [-0.1, -0.05) is 42.5 Å². The van der Waals surface area contributed by atoms with Gasteiger partial charge in [-0.05, 0) is 47.2 Å². The van der Waals surface area contributed by atoms with Crippen molar-refractivity contribution in [2.45, 2.75) is 0 Å². The first-order valence-corrected chi connectivity index (χ1v) is 8.25. The van der Waals surface area contributed by atoms with E-state index in [1.165, 1.54) is 6.08 Å². The summed E-state index contributed by atoms with van der Waals surface area (Å²) in [5.74, 6) is -0.382. The quantitative estimate of drug-likeness (QED) is 0.520. The van der Waals surface area contributed by atoms with Crippen molar-refractivity contribution in [1.82, 2.24) is 0 Å². The summed E-state index contributed by atoms with van der Waals surface area (Å²) < 4.78 is 5.24. The molecule has 0 bridgehead atoms. The van der Waals surface area contributed by atoms with Crippen LogP contribution in [0.15, 0.2) is 70.6 Å². The smallest absolute Gasteiger partial charge is 0.336 e. The Labute approximate surface area is 148 Å². The number of nitrogens with zero attached hydrogens (tertiary/aromatic N) is 1. The SMILES string of the molecule is NC1=NC(=O)/C(=C/c2ccc(OC(=O)/C=C/c3ccccc3)cc2)S1. The van der Waals surface area contributed by atoms with Crippen LogP contribution in [0.2, 0.25) is 0 Å².